The van der Waals surface area contributed by atoms with E-state index in [0.717, 1.165) is 11.4 Å². The summed E-state index contributed by atoms with van der Waals surface area (Å²) >= 11 is 0. The van der Waals surface area contributed by atoms with Crippen LogP contribution in [0.1, 0.15) is 5.56 Å². The highest BCUT2D eigenvalue weighted by atomic mass is 15.1. The fraction of sp³-hybridized carbons (Fsp3) is 0.0400. The van der Waals surface area contributed by atoms with Crippen molar-refractivity contribution in [1.29, 1.82) is 0 Å². The van der Waals surface area contributed by atoms with Gasteiger partial charge in [-0.05, 0) is 53.9 Å². The minimum atomic E-state index is 1.16. The first-order valence-electron chi connectivity index (χ1n) is 8.89. The van der Waals surface area contributed by atoms with Crippen LogP contribution in [-0.4, -0.2) is 0 Å². The quantitative estimate of drug-likeness (QED) is 0.383. The van der Waals surface area contributed by atoms with Gasteiger partial charge in [-0.1, -0.05) is 78.9 Å². The van der Waals surface area contributed by atoms with Gasteiger partial charge in [-0.15, -0.1) is 0 Å². The van der Waals surface area contributed by atoms with Gasteiger partial charge in [0.1, 0.15) is 0 Å². The summed E-state index contributed by atoms with van der Waals surface area (Å²) in [6.45, 7) is 2.16. The van der Waals surface area contributed by atoms with Crippen LogP contribution < -0.4 is 4.90 Å². The molecule has 26 heavy (non-hydrogen) atoms. The minimum Gasteiger partial charge on any atom is -0.310 e. The molecule has 0 spiro atoms. The van der Waals surface area contributed by atoms with Gasteiger partial charge in [0, 0.05) is 17.1 Å². The SMILES string of the molecule is Cc1ccccc1N(c1ccccc1)c1ccc(-c2ccccc2)cc1. The molecule has 0 atom stereocenters. The zero-order valence-electron chi connectivity index (χ0n) is 14.8. The average Bonchev–Trinajstić information content (AvgIpc) is 2.72. The van der Waals surface area contributed by atoms with Crippen molar-refractivity contribution in [1.82, 2.24) is 0 Å². The van der Waals surface area contributed by atoms with Crippen molar-refractivity contribution in [2.24, 2.45) is 0 Å². The van der Waals surface area contributed by atoms with Crippen molar-refractivity contribution in [3.8, 4) is 11.1 Å². The minimum absolute atomic E-state index is 1.16. The van der Waals surface area contributed by atoms with Gasteiger partial charge in [-0.25, -0.2) is 0 Å². The molecule has 0 saturated heterocycles. The van der Waals surface area contributed by atoms with Crippen molar-refractivity contribution in [3.63, 3.8) is 0 Å². The third-order valence-electron chi connectivity index (χ3n) is 4.60. The zero-order valence-corrected chi connectivity index (χ0v) is 14.8. The van der Waals surface area contributed by atoms with Crippen molar-refractivity contribution in [3.05, 3.63) is 115 Å². The molecule has 0 saturated carbocycles. The smallest absolute Gasteiger partial charge is 0.0490 e. The highest BCUT2D eigenvalue weighted by Gasteiger charge is 2.13. The first kappa shape index (κ1) is 16.2. The summed E-state index contributed by atoms with van der Waals surface area (Å²) in [5.41, 5.74) is 7.24. The van der Waals surface area contributed by atoms with Crippen LogP contribution in [0.2, 0.25) is 0 Å². The van der Waals surface area contributed by atoms with Crippen LogP contribution in [-0.2, 0) is 0 Å². The van der Waals surface area contributed by atoms with E-state index in [4.69, 9.17) is 0 Å². The summed E-state index contributed by atoms with van der Waals surface area (Å²) in [6.07, 6.45) is 0. The molecule has 4 rings (SSSR count). The summed E-state index contributed by atoms with van der Waals surface area (Å²) in [5.74, 6) is 0. The lowest BCUT2D eigenvalue weighted by molar-refractivity contribution is 1.25. The van der Waals surface area contributed by atoms with E-state index in [1.165, 1.54) is 22.4 Å². The molecule has 4 aromatic carbocycles. The Labute approximate surface area is 155 Å². The van der Waals surface area contributed by atoms with E-state index in [-0.39, 0.29) is 0 Å². The van der Waals surface area contributed by atoms with Crippen LogP contribution in [0.25, 0.3) is 11.1 Å². The number of nitrogens with zero attached hydrogens (tertiary/aromatic N) is 1. The number of para-hydroxylation sites is 2. The summed E-state index contributed by atoms with van der Waals surface area (Å²) in [5, 5.41) is 0. The summed E-state index contributed by atoms with van der Waals surface area (Å²) in [4.78, 5) is 2.31. The molecule has 4 aromatic rings. The van der Waals surface area contributed by atoms with Crippen molar-refractivity contribution in [2.75, 3.05) is 4.90 Å². The van der Waals surface area contributed by atoms with Gasteiger partial charge in [-0.3, -0.25) is 0 Å². The molecule has 0 aliphatic carbocycles. The molecule has 126 valence electrons. The second kappa shape index (κ2) is 7.28. The molecule has 0 amide bonds. The largest absolute Gasteiger partial charge is 0.310 e. The Bertz CT molecular complexity index is 973. The van der Waals surface area contributed by atoms with Crippen LogP contribution in [0.15, 0.2) is 109 Å². The van der Waals surface area contributed by atoms with Gasteiger partial charge in [0.15, 0.2) is 0 Å². The van der Waals surface area contributed by atoms with E-state index in [1.54, 1.807) is 0 Å². The van der Waals surface area contributed by atoms with Crippen LogP contribution in [0, 0.1) is 6.92 Å². The highest BCUT2D eigenvalue weighted by molar-refractivity contribution is 5.79. The third kappa shape index (κ3) is 3.25. The summed E-state index contributed by atoms with van der Waals surface area (Å²) in [6, 6.07) is 38.3. The monoisotopic (exact) mass is 335 g/mol. The lowest BCUT2D eigenvalue weighted by Gasteiger charge is -2.27. The second-order valence-corrected chi connectivity index (χ2v) is 6.37. The maximum atomic E-state index is 2.31. The molecule has 0 unspecified atom stereocenters. The second-order valence-electron chi connectivity index (χ2n) is 6.37. The molecule has 1 heteroatoms. The molecule has 1 nitrogen and oxygen atoms in total. The van der Waals surface area contributed by atoms with E-state index in [0.29, 0.717) is 0 Å². The summed E-state index contributed by atoms with van der Waals surface area (Å²) in [7, 11) is 0. The fourth-order valence-corrected chi connectivity index (χ4v) is 3.25. The Kier molecular flexibility index (Phi) is 4.53. The van der Waals surface area contributed by atoms with Gasteiger partial charge in [0.25, 0.3) is 0 Å². The Balaban J connectivity index is 1.79. The number of anilines is 3. The van der Waals surface area contributed by atoms with Gasteiger partial charge in [0.2, 0.25) is 0 Å². The Morgan fingerprint density at radius 1 is 0.462 bits per heavy atom. The van der Waals surface area contributed by atoms with Crippen LogP contribution in [0.4, 0.5) is 17.1 Å². The predicted molar refractivity (Wildman–Crippen MR) is 111 cm³/mol. The third-order valence-corrected chi connectivity index (χ3v) is 4.60. The maximum Gasteiger partial charge on any atom is 0.0490 e. The van der Waals surface area contributed by atoms with Crippen molar-refractivity contribution in [2.45, 2.75) is 6.92 Å². The van der Waals surface area contributed by atoms with Crippen molar-refractivity contribution < 1.29 is 0 Å². The molecule has 0 aliphatic rings. The maximum absolute atomic E-state index is 2.31. The lowest BCUT2D eigenvalue weighted by atomic mass is 10.0. The molecule has 0 fully saturated rings. The number of hydrogen-bond acceptors (Lipinski definition) is 1. The van der Waals surface area contributed by atoms with E-state index < -0.39 is 0 Å². The molecule has 0 bridgehead atoms. The topological polar surface area (TPSA) is 3.24 Å². The molecule has 0 aromatic heterocycles. The molecule has 0 heterocycles. The normalized spacial score (nSPS) is 10.5. The van der Waals surface area contributed by atoms with Gasteiger partial charge < -0.3 is 4.90 Å². The molecular weight excluding hydrogens is 314 g/mol. The molecular formula is C25H21N. The van der Waals surface area contributed by atoms with E-state index >= 15 is 0 Å². The van der Waals surface area contributed by atoms with Gasteiger partial charge in [-0.2, -0.15) is 0 Å². The fourth-order valence-electron chi connectivity index (χ4n) is 3.25. The Hall–Kier alpha value is -3.32. The van der Waals surface area contributed by atoms with E-state index in [2.05, 4.69) is 115 Å². The van der Waals surface area contributed by atoms with Crippen LogP contribution >= 0.6 is 0 Å². The number of aryl methyl sites for hydroxylation is 1. The van der Waals surface area contributed by atoms with E-state index in [9.17, 15) is 0 Å². The number of rotatable bonds is 4. The number of benzene rings is 4. The van der Waals surface area contributed by atoms with Crippen LogP contribution in [0.5, 0.6) is 0 Å². The standard InChI is InChI=1S/C25H21N/c1-20-10-8-9-15-25(20)26(23-13-6-3-7-14-23)24-18-16-22(17-19-24)21-11-4-2-5-12-21/h2-19H,1H3. The Morgan fingerprint density at radius 3 is 1.62 bits per heavy atom. The summed E-state index contributed by atoms with van der Waals surface area (Å²) < 4.78 is 0. The highest BCUT2D eigenvalue weighted by Crippen LogP contribution is 2.36. The lowest BCUT2D eigenvalue weighted by Crippen LogP contribution is -2.11. The molecule has 0 aliphatic heterocycles. The first-order valence-corrected chi connectivity index (χ1v) is 8.89. The zero-order chi connectivity index (χ0) is 17.8. The number of hydrogen-bond donors (Lipinski definition) is 0. The van der Waals surface area contributed by atoms with E-state index in [1.807, 2.05) is 6.07 Å². The Morgan fingerprint density at radius 2 is 0.962 bits per heavy atom. The first-order chi connectivity index (χ1) is 12.8. The molecule has 0 N–H and O–H groups in total. The van der Waals surface area contributed by atoms with Gasteiger partial charge in [0.05, 0.1) is 0 Å². The van der Waals surface area contributed by atoms with Crippen LogP contribution in [0.3, 0.4) is 0 Å². The van der Waals surface area contributed by atoms with Crippen molar-refractivity contribution >= 4 is 17.1 Å². The average molecular weight is 335 g/mol. The van der Waals surface area contributed by atoms with Gasteiger partial charge >= 0.3 is 0 Å². The molecule has 0 radical (unpaired) electrons. The predicted octanol–water partition coefficient (Wildman–Crippen LogP) is 7.13.